The zero-order valence-corrected chi connectivity index (χ0v) is 19.0. The molecule has 0 N–H and O–H groups in total. The average molecular weight is 488 g/mol. The number of piperidine rings is 1. The van der Waals surface area contributed by atoms with Crippen LogP contribution in [0.1, 0.15) is 35.0 Å². The fourth-order valence-corrected chi connectivity index (χ4v) is 4.33. The summed E-state index contributed by atoms with van der Waals surface area (Å²) >= 11 is 3.44. The molecule has 32 heavy (non-hydrogen) atoms. The Morgan fingerprint density at radius 3 is 2.16 bits per heavy atom. The van der Waals surface area contributed by atoms with Gasteiger partial charge in [-0.15, -0.1) is 0 Å². The van der Waals surface area contributed by atoms with Crippen LogP contribution in [0.3, 0.4) is 0 Å². The lowest BCUT2D eigenvalue weighted by molar-refractivity contribution is 0.0704. The number of carbonyl (C=O) groups excluding carboxylic acids is 1. The number of carbonyl (C=O) groups is 1. The molecular weight excluding hydrogens is 466 g/mol. The second-order valence-electron chi connectivity index (χ2n) is 7.97. The topological polar surface area (TPSA) is 59.2 Å². The first-order chi connectivity index (χ1) is 15.7. The van der Waals surface area contributed by atoms with Crippen LogP contribution in [-0.4, -0.2) is 34.0 Å². The highest BCUT2D eigenvalue weighted by Crippen LogP contribution is 2.30. The van der Waals surface area contributed by atoms with Gasteiger partial charge in [0.2, 0.25) is 11.7 Å². The summed E-state index contributed by atoms with van der Waals surface area (Å²) in [5.41, 5.74) is 3.90. The lowest BCUT2D eigenvalue weighted by Crippen LogP contribution is -2.38. The molecule has 0 saturated carbocycles. The van der Waals surface area contributed by atoms with Gasteiger partial charge >= 0.3 is 0 Å². The maximum Gasteiger partial charge on any atom is 0.253 e. The third kappa shape index (κ3) is 4.36. The van der Waals surface area contributed by atoms with Gasteiger partial charge in [-0.2, -0.15) is 4.98 Å². The summed E-state index contributed by atoms with van der Waals surface area (Å²) in [5, 5.41) is 4.14. The van der Waals surface area contributed by atoms with Gasteiger partial charge in [-0.3, -0.25) is 4.79 Å². The number of hydrogen-bond donors (Lipinski definition) is 0. The molecule has 5 rings (SSSR count). The third-order valence-electron chi connectivity index (χ3n) is 5.91. The SMILES string of the molecule is O=C(c1ccc(-c2ccccc2)cc1)N1CCC(c2nc(-c3ccc(Br)cc3)no2)CC1. The summed E-state index contributed by atoms with van der Waals surface area (Å²) < 4.78 is 6.56. The molecule has 0 aliphatic carbocycles. The number of halogens is 1. The molecule has 2 heterocycles. The Morgan fingerprint density at radius 2 is 1.47 bits per heavy atom. The lowest BCUT2D eigenvalue weighted by Gasteiger charge is -2.30. The molecule has 5 nitrogen and oxygen atoms in total. The van der Waals surface area contributed by atoms with Crippen molar-refractivity contribution in [2.45, 2.75) is 18.8 Å². The van der Waals surface area contributed by atoms with Crippen molar-refractivity contribution in [1.29, 1.82) is 0 Å². The Kier molecular flexibility index (Phi) is 5.86. The van der Waals surface area contributed by atoms with E-state index in [9.17, 15) is 4.79 Å². The minimum Gasteiger partial charge on any atom is -0.339 e. The second-order valence-corrected chi connectivity index (χ2v) is 8.89. The van der Waals surface area contributed by atoms with Crippen LogP contribution in [0.25, 0.3) is 22.5 Å². The van der Waals surface area contributed by atoms with Crippen molar-refractivity contribution in [1.82, 2.24) is 15.0 Å². The van der Waals surface area contributed by atoms with Crippen LogP contribution < -0.4 is 0 Å². The highest BCUT2D eigenvalue weighted by Gasteiger charge is 2.28. The fraction of sp³-hybridized carbons (Fsp3) is 0.192. The van der Waals surface area contributed by atoms with Gasteiger partial charge in [0.05, 0.1) is 0 Å². The summed E-state index contributed by atoms with van der Waals surface area (Å²) in [7, 11) is 0. The van der Waals surface area contributed by atoms with Crippen molar-refractivity contribution in [3.8, 4) is 22.5 Å². The van der Waals surface area contributed by atoms with Crippen LogP contribution >= 0.6 is 15.9 Å². The molecule has 1 aliphatic heterocycles. The van der Waals surface area contributed by atoms with Gasteiger partial charge in [0.1, 0.15) is 0 Å². The number of amides is 1. The van der Waals surface area contributed by atoms with Gasteiger partial charge in [-0.05, 0) is 60.4 Å². The molecule has 0 unspecified atom stereocenters. The van der Waals surface area contributed by atoms with Crippen LogP contribution in [0.15, 0.2) is 87.9 Å². The molecule has 0 bridgehead atoms. The molecule has 0 radical (unpaired) electrons. The molecule has 160 valence electrons. The van der Waals surface area contributed by atoms with Gasteiger partial charge in [0.15, 0.2) is 0 Å². The normalized spacial score (nSPS) is 14.5. The van der Waals surface area contributed by atoms with Crippen molar-refractivity contribution >= 4 is 21.8 Å². The van der Waals surface area contributed by atoms with E-state index in [1.54, 1.807) is 0 Å². The predicted molar refractivity (Wildman–Crippen MR) is 127 cm³/mol. The third-order valence-corrected chi connectivity index (χ3v) is 6.44. The standard InChI is InChI=1S/C26H22BrN3O2/c27-23-12-10-20(11-13-23)24-28-25(32-29-24)21-14-16-30(17-15-21)26(31)22-8-6-19(7-9-22)18-4-2-1-3-5-18/h1-13,21H,14-17H2. The van der Waals surface area contributed by atoms with Gasteiger partial charge in [-0.1, -0.05) is 63.6 Å². The second kappa shape index (κ2) is 9.09. The molecule has 4 aromatic rings. The molecule has 0 atom stereocenters. The lowest BCUT2D eigenvalue weighted by atomic mass is 9.96. The van der Waals surface area contributed by atoms with E-state index in [0.29, 0.717) is 24.8 Å². The van der Waals surface area contributed by atoms with Gasteiger partial charge in [0.25, 0.3) is 5.91 Å². The molecule has 1 fully saturated rings. The number of rotatable bonds is 4. The van der Waals surface area contributed by atoms with Crippen LogP contribution in [0.5, 0.6) is 0 Å². The van der Waals surface area contributed by atoms with Crippen LogP contribution in [0.4, 0.5) is 0 Å². The van der Waals surface area contributed by atoms with Gasteiger partial charge in [0, 0.05) is 34.6 Å². The van der Waals surface area contributed by atoms with Crippen LogP contribution in [0.2, 0.25) is 0 Å². The predicted octanol–water partition coefficient (Wildman–Crippen LogP) is 6.19. The van der Waals surface area contributed by atoms with Crippen molar-refractivity contribution in [3.63, 3.8) is 0 Å². The summed E-state index contributed by atoms with van der Waals surface area (Å²) in [4.78, 5) is 19.5. The molecule has 1 aliphatic rings. The van der Waals surface area contributed by atoms with E-state index in [2.05, 4.69) is 38.2 Å². The van der Waals surface area contributed by atoms with Crippen molar-refractivity contribution < 1.29 is 9.32 Å². The van der Waals surface area contributed by atoms with E-state index >= 15 is 0 Å². The molecule has 3 aromatic carbocycles. The molecule has 1 saturated heterocycles. The highest BCUT2D eigenvalue weighted by molar-refractivity contribution is 9.10. The highest BCUT2D eigenvalue weighted by atomic mass is 79.9. The number of nitrogens with zero attached hydrogens (tertiary/aromatic N) is 3. The Bertz CT molecular complexity index is 1200. The minimum absolute atomic E-state index is 0.0733. The van der Waals surface area contributed by atoms with E-state index in [-0.39, 0.29) is 11.8 Å². The monoisotopic (exact) mass is 487 g/mol. The van der Waals surface area contributed by atoms with Gasteiger partial charge < -0.3 is 9.42 Å². The number of hydrogen-bond acceptors (Lipinski definition) is 4. The molecule has 1 amide bonds. The van der Waals surface area contributed by atoms with Crippen LogP contribution in [-0.2, 0) is 0 Å². The maximum absolute atomic E-state index is 13.0. The van der Waals surface area contributed by atoms with E-state index in [1.807, 2.05) is 71.6 Å². The molecular formula is C26H22BrN3O2. The number of aromatic nitrogens is 2. The molecule has 6 heteroatoms. The van der Waals surface area contributed by atoms with E-state index in [0.717, 1.165) is 39.6 Å². The number of benzene rings is 3. The Hall–Kier alpha value is -3.25. The van der Waals surface area contributed by atoms with Crippen molar-refractivity contribution in [2.75, 3.05) is 13.1 Å². The first-order valence-electron chi connectivity index (χ1n) is 10.7. The first-order valence-corrected chi connectivity index (χ1v) is 11.5. The molecule has 1 aromatic heterocycles. The van der Waals surface area contributed by atoms with Gasteiger partial charge in [-0.25, -0.2) is 0 Å². The summed E-state index contributed by atoms with van der Waals surface area (Å²) in [6, 6.07) is 25.9. The largest absolute Gasteiger partial charge is 0.339 e. The Balaban J connectivity index is 1.21. The van der Waals surface area contributed by atoms with E-state index in [1.165, 1.54) is 0 Å². The Labute approximate surface area is 195 Å². The summed E-state index contributed by atoms with van der Waals surface area (Å²) in [5.74, 6) is 1.51. The Morgan fingerprint density at radius 1 is 0.844 bits per heavy atom. The average Bonchev–Trinajstić information content (AvgIpc) is 3.35. The summed E-state index contributed by atoms with van der Waals surface area (Å²) in [6.45, 7) is 1.36. The first kappa shape index (κ1) is 20.6. The van der Waals surface area contributed by atoms with E-state index in [4.69, 9.17) is 4.52 Å². The van der Waals surface area contributed by atoms with Crippen molar-refractivity contribution in [3.05, 3.63) is 94.8 Å². The zero-order chi connectivity index (χ0) is 21.9. The number of likely N-dealkylation sites (tertiary alicyclic amines) is 1. The zero-order valence-electron chi connectivity index (χ0n) is 17.4. The maximum atomic E-state index is 13.0. The van der Waals surface area contributed by atoms with E-state index < -0.39 is 0 Å². The smallest absolute Gasteiger partial charge is 0.253 e. The quantitative estimate of drug-likeness (QED) is 0.344. The minimum atomic E-state index is 0.0733. The molecule has 0 spiro atoms. The fourth-order valence-electron chi connectivity index (χ4n) is 4.07. The van der Waals surface area contributed by atoms with Crippen molar-refractivity contribution in [2.24, 2.45) is 0 Å². The van der Waals surface area contributed by atoms with Crippen LogP contribution in [0, 0.1) is 0 Å². The summed E-state index contributed by atoms with van der Waals surface area (Å²) in [6.07, 6.45) is 1.63.